The Morgan fingerprint density at radius 2 is 2.06 bits per heavy atom. The van der Waals surface area contributed by atoms with Crippen molar-refractivity contribution >= 4 is 27.2 Å². The lowest BCUT2D eigenvalue weighted by molar-refractivity contribution is 0.309. The van der Waals surface area contributed by atoms with Crippen LogP contribution in [0.25, 0.3) is 10.1 Å². The van der Waals surface area contributed by atoms with Gasteiger partial charge in [0.2, 0.25) is 0 Å². The lowest BCUT2D eigenvalue weighted by Gasteiger charge is -2.06. The highest BCUT2D eigenvalue weighted by Gasteiger charge is 2.05. The summed E-state index contributed by atoms with van der Waals surface area (Å²) in [6.07, 6.45) is 1.65. The Morgan fingerprint density at radius 3 is 2.94 bits per heavy atom. The molecule has 4 heteroatoms. The fraction of sp³-hybridized carbons (Fsp3) is 0.0714. The first-order valence-corrected chi connectivity index (χ1v) is 6.51. The van der Waals surface area contributed by atoms with Gasteiger partial charge in [0.25, 0.3) is 0 Å². The van der Waals surface area contributed by atoms with Gasteiger partial charge in [-0.15, -0.1) is 11.3 Å². The molecule has 3 nitrogen and oxygen atoms in total. The van der Waals surface area contributed by atoms with Crippen molar-refractivity contribution in [1.82, 2.24) is 4.98 Å². The van der Waals surface area contributed by atoms with E-state index in [1.54, 1.807) is 17.5 Å². The molecule has 0 aliphatic heterocycles. The normalized spacial score (nSPS) is 10.7. The van der Waals surface area contributed by atoms with Gasteiger partial charge in [-0.05, 0) is 29.0 Å². The molecule has 0 saturated heterocycles. The number of aromatic nitrogens is 1. The Morgan fingerprint density at radius 1 is 1.17 bits per heavy atom. The van der Waals surface area contributed by atoms with Crippen LogP contribution in [0.1, 0.15) is 5.56 Å². The molecule has 2 heterocycles. The van der Waals surface area contributed by atoms with E-state index < -0.39 is 0 Å². The summed E-state index contributed by atoms with van der Waals surface area (Å²) in [5, 5.41) is 3.36. The maximum absolute atomic E-state index is 5.74. The second-order valence-electron chi connectivity index (χ2n) is 3.93. The molecule has 0 fully saturated rings. The summed E-state index contributed by atoms with van der Waals surface area (Å²) in [6, 6.07) is 12.0. The highest BCUT2D eigenvalue weighted by Crippen LogP contribution is 2.27. The van der Waals surface area contributed by atoms with Gasteiger partial charge in [-0.1, -0.05) is 18.2 Å². The number of nitrogens with two attached hydrogens (primary N) is 1. The van der Waals surface area contributed by atoms with Crippen LogP contribution in [0.3, 0.4) is 0 Å². The minimum atomic E-state index is 0.428. The third-order valence-electron chi connectivity index (χ3n) is 2.74. The van der Waals surface area contributed by atoms with Gasteiger partial charge in [0.1, 0.15) is 6.61 Å². The van der Waals surface area contributed by atoms with E-state index in [-0.39, 0.29) is 0 Å². The quantitative estimate of drug-likeness (QED) is 0.780. The van der Waals surface area contributed by atoms with Crippen molar-refractivity contribution in [2.45, 2.75) is 6.61 Å². The molecule has 0 radical (unpaired) electrons. The molecule has 1 aromatic carbocycles. The van der Waals surface area contributed by atoms with E-state index in [0.29, 0.717) is 18.2 Å². The van der Waals surface area contributed by atoms with Crippen LogP contribution < -0.4 is 10.5 Å². The number of nitrogen functional groups attached to an aromatic ring is 1. The maximum atomic E-state index is 5.74. The Kier molecular flexibility index (Phi) is 2.86. The van der Waals surface area contributed by atoms with Gasteiger partial charge in [-0.3, -0.25) is 0 Å². The number of nitrogens with zero attached hydrogens (tertiary/aromatic N) is 1. The molecule has 0 aliphatic carbocycles. The van der Waals surface area contributed by atoms with Crippen LogP contribution >= 0.6 is 11.3 Å². The number of hydrogen-bond donors (Lipinski definition) is 1. The highest BCUT2D eigenvalue weighted by molar-refractivity contribution is 7.17. The van der Waals surface area contributed by atoms with E-state index in [1.807, 2.05) is 24.3 Å². The molecule has 0 aliphatic rings. The van der Waals surface area contributed by atoms with Crippen molar-refractivity contribution in [3.63, 3.8) is 0 Å². The minimum Gasteiger partial charge on any atom is -0.485 e. The van der Waals surface area contributed by atoms with Crippen LogP contribution in [0.5, 0.6) is 5.75 Å². The molecule has 3 aromatic rings. The van der Waals surface area contributed by atoms with Crippen molar-refractivity contribution in [1.29, 1.82) is 0 Å². The predicted octanol–water partition coefficient (Wildman–Crippen LogP) is 3.46. The molecule has 0 bridgehead atoms. The summed E-state index contributed by atoms with van der Waals surface area (Å²) in [5.41, 5.74) is 6.92. The van der Waals surface area contributed by atoms with Crippen LogP contribution in [-0.2, 0) is 6.61 Å². The Balaban J connectivity index is 1.83. The van der Waals surface area contributed by atoms with Crippen molar-refractivity contribution in [3.8, 4) is 5.75 Å². The number of anilines is 1. The molecule has 0 atom stereocenters. The molecular weight excluding hydrogens is 244 g/mol. The van der Waals surface area contributed by atoms with Gasteiger partial charge in [0.05, 0.1) is 0 Å². The van der Waals surface area contributed by atoms with E-state index in [1.165, 1.54) is 15.6 Å². The first-order chi connectivity index (χ1) is 8.84. The number of thiophene rings is 1. The van der Waals surface area contributed by atoms with Crippen molar-refractivity contribution in [3.05, 3.63) is 53.5 Å². The maximum Gasteiger partial charge on any atom is 0.166 e. The largest absolute Gasteiger partial charge is 0.485 e. The van der Waals surface area contributed by atoms with Crippen LogP contribution in [0.2, 0.25) is 0 Å². The van der Waals surface area contributed by atoms with E-state index in [9.17, 15) is 0 Å². The molecule has 90 valence electrons. The Hall–Kier alpha value is -2.07. The van der Waals surface area contributed by atoms with E-state index >= 15 is 0 Å². The zero-order chi connectivity index (χ0) is 12.4. The van der Waals surface area contributed by atoms with Gasteiger partial charge in [0, 0.05) is 16.5 Å². The summed E-state index contributed by atoms with van der Waals surface area (Å²) in [4.78, 5) is 4.00. The average Bonchev–Trinajstić information content (AvgIpc) is 2.81. The molecule has 0 saturated carbocycles. The minimum absolute atomic E-state index is 0.428. The fourth-order valence-electron chi connectivity index (χ4n) is 1.82. The second-order valence-corrected chi connectivity index (χ2v) is 4.84. The smallest absolute Gasteiger partial charge is 0.166 e. The summed E-state index contributed by atoms with van der Waals surface area (Å²) >= 11 is 1.73. The predicted molar refractivity (Wildman–Crippen MR) is 74.8 cm³/mol. The first kappa shape index (κ1) is 11.0. The number of pyridine rings is 1. The fourth-order valence-corrected chi connectivity index (χ4v) is 2.77. The average molecular weight is 256 g/mol. The van der Waals surface area contributed by atoms with Gasteiger partial charge in [-0.25, -0.2) is 4.98 Å². The monoisotopic (exact) mass is 256 g/mol. The molecule has 0 spiro atoms. The highest BCUT2D eigenvalue weighted by atomic mass is 32.1. The summed E-state index contributed by atoms with van der Waals surface area (Å²) in [6.45, 7) is 0.514. The van der Waals surface area contributed by atoms with Crippen molar-refractivity contribution in [2.75, 3.05) is 5.73 Å². The van der Waals surface area contributed by atoms with E-state index in [0.717, 1.165) is 0 Å². The zero-order valence-corrected chi connectivity index (χ0v) is 10.5. The number of ether oxygens (including phenoxy) is 1. The number of rotatable bonds is 3. The first-order valence-electron chi connectivity index (χ1n) is 5.63. The number of hydrogen-bond acceptors (Lipinski definition) is 4. The molecule has 2 N–H and O–H groups in total. The Bertz CT molecular complexity index is 678. The second kappa shape index (κ2) is 4.66. The lowest BCUT2D eigenvalue weighted by Crippen LogP contribution is -1.99. The topological polar surface area (TPSA) is 48.1 Å². The third-order valence-corrected chi connectivity index (χ3v) is 3.76. The molecule has 2 aromatic heterocycles. The SMILES string of the molecule is Nc1ncccc1OCc1csc2ccccc12. The van der Waals surface area contributed by atoms with Crippen molar-refractivity contribution in [2.24, 2.45) is 0 Å². The van der Waals surface area contributed by atoms with Crippen LogP contribution in [0.4, 0.5) is 5.82 Å². The molecule has 18 heavy (non-hydrogen) atoms. The summed E-state index contributed by atoms with van der Waals surface area (Å²) in [5.74, 6) is 1.06. The van der Waals surface area contributed by atoms with Crippen molar-refractivity contribution < 1.29 is 4.74 Å². The third kappa shape index (κ3) is 2.02. The van der Waals surface area contributed by atoms with Gasteiger partial charge >= 0.3 is 0 Å². The molecule has 0 amide bonds. The number of benzene rings is 1. The summed E-state index contributed by atoms with van der Waals surface area (Å²) < 4.78 is 6.98. The summed E-state index contributed by atoms with van der Waals surface area (Å²) in [7, 11) is 0. The van der Waals surface area contributed by atoms with Crippen LogP contribution in [0.15, 0.2) is 48.0 Å². The standard InChI is InChI=1S/C14H12N2OS/c15-14-12(5-3-7-16-14)17-8-10-9-18-13-6-2-1-4-11(10)13/h1-7,9H,8H2,(H2,15,16). The van der Waals surface area contributed by atoms with Gasteiger partial charge in [0.15, 0.2) is 11.6 Å². The van der Waals surface area contributed by atoms with Gasteiger partial charge < -0.3 is 10.5 Å². The van der Waals surface area contributed by atoms with E-state index in [2.05, 4.69) is 22.5 Å². The Labute approximate surface area is 109 Å². The van der Waals surface area contributed by atoms with Crippen LogP contribution in [0, 0.1) is 0 Å². The molecular formula is C14H12N2OS. The lowest BCUT2D eigenvalue weighted by atomic mass is 10.2. The zero-order valence-electron chi connectivity index (χ0n) is 9.67. The van der Waals surface area contributed by atoms with Gasteiger partial charge in [-0.2, -0.15) is 0 Å². The molecule has 3 rings (SSSR count). The molecule has 0 unspecified atom stereocenters. The van der Waals surface area contributed by atoms with E-state index in [4.69, 9.17) is 10.5 Å². The number of fused-ring (bicyclic) bond motifs is 1. The van der Waals surface area contributed by atoms with Crippen LogP contribution in [-0.4, -0.2) is 4.98 Å².